The lowest BCUT2D eigenvalue weighted by Crippen LogP contribution is -2.41. The maximum absolute atomic E-state index is 12.4. The quantitative estimate of drug-likeness (QED) is 0.488. The third kappa shape index (κ3) is 9.98. The first-order valence-corrected chi connectivity index (χ1v) is 12.3. The van der Waals surface area contributed by atoms with E-state index in [1.807, 2.05) is 72.7 Å². The number of benzene rings is 1. The summed E-state index contributed by atoms with van der Waals surface area (Å²) in [4.78, 5) is 32.4. The summed E-state index contributed by atoms with van der Waals surface area (Å²) in [6.45, 7) is 15.7. The predicted molar refractivity (Wildman–Crippen MR) is 146 cm³/mol. The number of hydrogen-bond donors (Lipinski definition) is 2. The molecule has 0 radical (unpaired) electrons. The third-order valence-electron chi connectivity index (χ3n) is 5.11. The zero-order valence-corrected chi connectivity index (χ0v) is 22.9. The minimum absolute atomic E-state index is 0.105. The second-order valence-electron chi connectivity index (χ2n) is 11.1. The normalized spacial score (nSPS) is 11.2. The van der Waals surface area contributed by atoms with Crippen LogP contribution in [0, 0.1) is 13.8 Å². The van der Waals surface area contributed by atoms with Crippen LogP contribution in [-0.4, -0.2) is 32.9 Å². The van der Waals surface area contributed by atoms with E-state index in [0.29, 0.717) is 11.4 Å². The molecule has 3 aromatic rings. The molecule has 6 heteroatoms. The van der Waals surface area contributed by atoms with Crippen molar-refractivity contribution in [2.24, 2.45) is 0 Å². The van der Waals surface area contributed by atoms with Gasteiger partial charge in [0.2, 0.25) is 0 Å². The van der Waals surface area contributed by atoms with Gasteiger partial charge in [0.25, 0.3) is 11.8 Å². The van der Waals surface area contributed by atoms with Gasteiger partial charge in [0, 0.05) is 23.5 Å². The van der Waals surface area contributed by atoms with Crippen molar-refractivity contribution in [2.45, 2.75) is 79.3 Å². The molecule has 0 aliphatic heterocycles. The minimum Gasteiger partial charge on any atom is -0.346 e. The Hall–Kier alpha value is -3.54. The van der Waals surface area contributed by atoms with Crippen LogP contribution in [0.25, 0.3) is 0 Å². The van der Waals surface area contributed by atoms with Gasteiger partial charge in [-0.25, -0.2) is 0 Å². The van der Waals surface area contributed by atoms with Crippen LogP contribution in [0.2, 0.25) is 0 Å². The standard InChI is InChI=1S/C19H24N2O.C11H16N2O/c1-14-7-9-15(10-8-14)11-12-16-6-5-13-20-17(16)18(22)21-19(2,3)4;1-8-6-5-7-12-9(8)10(14)13-11(2,3)4/h5-10,13H,11-12H2,1-4H3,(H,21,22);5-7H,1-4H3,(H,13,14). The van der Waals surface area contributed by atoms with Gasteiger partial charge in [-0.05, 0) is 97.1 Å². The van der Waals surface area contributed by atoms with Gasteiger partial charge in [-0.3, -0.25) is 19.6 Å². The van der Waals surface area contributed by atoms with E-state index in [9.17, 15) is 9.59 Å². The fraction of sp³-hybridized carbons (Fsp3) is 0.400. The van der Waals surface area contributed by atoms with Crippen LogP contribution < -0.4 is 10.6 Å². The molecule has 0 aliphatic carbocycles. The maximum atomic E-state index is 12.4. The molecular weight excluding hydrogens is 448 g/mol. The number of amides is 2. The Morgan fingerprint density at radius 1 is 0.694 bits per heavy atom. The largest absolute Gasteiger partial charge is 0.346 e. The molecule has 0 aliphatic rings. The molecule has 0 unspecified atom stereocenters. The first-order valence-electron chi connectivity index (χ1n) is 12.3. The van der Waals surface area contributed by atoms with E-state index in [4.69, 9.17) is 0 Å². The predicted octanol–water partition coefficient (Wildman–Crippen LogP) is 5.62. The molecule has 2 amide bonds. The van der Waals surface area contributed by atoms with Crippen molar-refractivity contribution in [1.82, 2.24) is 20.6 Å². The molecule has 0 atom stereocenters. The van der Waals surface area contributed by atoms with Crippen LogP contribution in [0.5, 0.6) is 0 Å². The second-order valence-corrected chi connectivity index (χ2v) is 11.1. The highest BCUT2D eigenvalue weighted by Gasteiger charge is 2.19. The Kier molecular flexibility index (Phi) is 9.91. The Bertz CT molecular complexity index is 1160. The molecule has 1 aromatic carbocycles. The van der Waals surface area contributed by atoms with Gasteiger partial charge in [-0.15, -0.1) is 0 Å². The van der Waals surface area contributed by atoms with E-state index < -0.39 is 0 Å². The number of rotatable bonds is 5. The van der Waals surface area contributed by atoms with Crippen molar-refractivity contribution in [3.8, 4) is 0 Å². The first-order chi connectivity index (χ1) is 16.7. The summed E-state index contributed by atoms with van der Waals surface area (Å²) in [7, 11) is 0. The first kappa shape index (κ1) is 28.7. The number of aromatic nitrogens is 2. The highest BCUT2D eigenvalue weighted by molar-refractivity contribution is 5.94. The summed E-state index contributed by atoms with van der Waals surface area (Å²) in [5.41, 5.74) is 4.97. The van der Waals surface area contributed by atoms with Gasteiger partial charge in [0.05, 0.1) is 0 Å². The zero-order chi connectivity index (χ0) is 26.9. The second kappa shape index (κ2) is 12.4. The summed E-state index contributed by atoms with van der Waals surface area (Å²) in [6.07, 6.45) is 5.02. The van der Waals surface area contributed by atoms with Crippen molar-refractivity contribution in [3.05, 3.63) is 94.6 Å². The third-order valence-corrected chi connectivity index (χ3v) is 5.11. The Morgan fingerprint density at radius 3 is 1.72 bits per heavy atom. The summed E-state index contributed by atoms with van der Waals surface area (Å²) in [5.74, 6) is -0.220. The molecule has 0 saturated heterocycles. The van der Waals surface area contributed by atoms with Crippen molar-refractivity contribution < 1.29 is 9.59 Å². The molecule has 192 valence electrons. The molecular formula is C30H40N4O2. The van der Waals surface area contributed by atoms with Gasteiger partial charge < -0.3 is 10.6 Å². The molecule has 2 aromatic heterocycles. The van der Waals surface area contributed by atoms with Gasteiger partial charge in [0.15, 0.2) is 0 Å². The maximum Gasteiger partial charge on any atom is 0.270 e. The number of hydrogen-bond acceptors (Lipinski definition) is 4. The van der Waals surface area contributed by atoms with Crippen molar-refractivity contribution in [2.75, 3.05) is 0 Å². The van der Waals surface area contributed by atoms with Crippen LogP contribution in [-0.2, 0) is 12.8 Å². The van der Waals surface area contributed by atoms with Crippen LogP contribution in [0.1, 0.15) is 84.8 Å². The average molecular weight is 489 g/mol. The number of carbonyl (C=O) groups is 2. The molecule has 2 heterocycles. The zero-order valence-electron chi connectivity index (χ0n) is 22.9. The highest BCUT2D eigenvalue weighted by atomic mass is 16.2. The van der Waals surface area contributed by atoms with E-state index >= 15 is 0 Å². The van der Waals surface area contributed by atoms with E-state index in [2.05, 4.69) is 51.8 Å². The van der Waals surface area contributed by atoms with E-state index in [1.54, 1.807) is 12.4 Å². The fourth-order valence-electron chi connectivity index (χ4n) is 3.40. The van der Waals surface area contributed by atoms with E-state index in [-0.39, 0.29) is 22.9 Å². The van der Waals surface area contributed by atoms with Crippen LogP contribution in [0.15, 0.2) is 60.9 Å². The molecule has 2 N–H and O–H groups in total. The number of nitrogens with one attached hydrogen (secondary N) is 2. The van der Waals surface area contributed by atoms with Gasteiger partial charge in [-0.1, -0.05) is 42.0 Å². The summed E-state index contributed by atoms with van der Waals surface area (Å²) in [5, 5.41) is 5.85. The van der Waals surface area contributed by atoms with Crippen LogP contribution >= 0.6 is 0 Å². The Morgan fingerprint density at radius 2 is 1.19 bits per heavy atom. The molecule has 3 rings (SSSR count). The topological polar surface area (TPSA) is 84.0 Å². The molecule has 0 fully saturated rings. The SMILES string of the molecule is Cc1ccc(CCc2cccnc2C(=O)NC(C)(C)C)cc1.Cc1cccnc1C(=O)NC(C)(C)C. The smallest absolute Gasteiger partial charge is 0.270 e. The molecule has 6 nitrogen and oxygen atoms in total. The van der Waals surface area contributed by atoms with Gasteiger partial charge >= 0.3 is 0 Å². The van der Waals surface area contributed by atoms with Gasteiger partial charge in [-0.2, -0.15) is 0 Å². The van der Waals surface area contributed by atoms with E-state index in [0.717, 1.165) is 24.0 Å². The van der Waals surface area contributed by atoms with E-state index in [1.165, 1.54) is 11.1 Å². The van der Waals surface area contributed by atoms with Gasteiger partial charge in [0.1, 0.15) is 11.4 Å². The summed E-state index contributed by atoms with van der Waals surface area (Å²) < 4.78 is 0. The lowest BCUT2D eigenvalue weighted by atomic mass is 10.0. The lowest BCUT2D eigenvalue weighted by molar-refractivity contribution is 0.0904. The van der Waals surface area contributed by atoms with Crippen molar-refractivity contribution in [1.29, 1.82) is 0 Å². The summed E-state index contributed by atoms with van der Waals surface area (Å²) in [6, 6.07) is 16.1. The molecule has 0 bridgehead atoms. The molecule has 0 saturated carbocycles. The van der Waals surface area contributed by atoms with Crippen LogP contribution in [0.3, 0.4) is 0 Å². The van der Waals surface area contributed by atoms with Crippen molar-refractivity contribution >= 4 is 11.8 Å². The monoisotopic (exact) mass is 488 g/mol. The average Bonchev–Trinajstić information content (AvgIpc) is 2.77. The highest BCUT2D eigenvalue weighted by Crippen LogP contribution is 2.13. The van der Waals surface area contributed by atoms with Crippen LogP contribution in [0.4, 0.5) is 0 Å². The Balaban J connectivity index is 0.000000281. The molecule has 36 heavy (non-hydrogen) atoms. The minimum atomic E-state index is -0.261. The Labute approximate surface area is 216 Å². The number of pyridine rings is 2. The lowest BCUT2D eigenvalue weighted by Gasteiger charge is -2.21. The number of aryl methyl sites for hydroxylation is 4. The fourth-order valence-corrected chi connectivity index (χ4v) is 3.40. The molecule has 0 spiro atoms. The number of carbonyl (C=O) groups excluding carboxylic acids is 2. The number of nitrogens with zero attached hydrogens (tertiary/aromatic N) is 2. The van der Waals surface area contributed by atoms with Crippen molar-refractivity contribution in [3.63, 3.8) is 0 Å². The summed E-state index contributed by atoms with van der Waals surface area (Å²) >= 11 is 0.